The molecule has 4 nitrogen and oxygen atoms in total. The minimum Gasteiger partial charge on any atom is -0.475 e. The van der Waals surface area contributed by atoms with Crippen molar-refractivity contribution < 1.29 is 9.47 Å². The Kier molecular flexibility index (Phi) is 3.92. The molecular formula is C8H11ClN2O2. The molecule has 0 unspecified atom stereocenters. The van der Waals surface area contributed by atoms with Crippen LogP contribution < -0.4 is 4.74 Å². The zero-order chi connectivity index (χ0) is 9.68. The number of halogens is 1. The first-order valence-corrected chi connectivity index (χ1v) is 4.22. The molecular weight excluding hydrogens is 192 g/mol. The van der Waals surface area contributed by atoms with Crippen molar-refractivity contribution >= 4 is 11.6 Å². The van der Waals surface area contributed by atoms with Gasteiger partial charge in [0.05, 0.1) is 6.61 Å². The van der Waals surface area contributed by atoms with Crippen molar-refractivity contribution in [3.63, 3.8) is 0 Å². The van der Waals surface area contributed by atoms with E-state index in [9.17, 15) is 0 Å². The van der Waals surface area contributed by atoms with Gasteiger partial charge in [-0.25, -0.2) is 4.98 Å². The largest absolute Gasteiger partial charge is 0.475 e. The van der Waals surface area contributed by atoms with Crippen molar-refractivity contribution in [1.29, 1.82) is 0 Å². The summed E-state index contributed by atoms with van der Waals surface area (Å²) in [4.78, 5) is 7.73. The van der Waals surface area contributed by atoms with Crippen molar-refractivity contribution in [2.45, 2.75) is 6.92 Å². The van der Waals surface area contributed by atoms with Gasteiger partial charge in [-0.3, -0.25) is 0 Å². The van der Waals surface area contributed by atoms with E-state index in [2.05, 4.69) is 9.97 Å². The summed E-state index contributed by atoms with van der Waals surface area (Å²) in [6, 6.07) is 0. The maximum atomic E-state index is 5.60. The van der Waals surface area contributed by atoms with E-state index in [1.807, 2.05) is 6.92 Å². The Hall–Kier alpha value is -0.870. The SMILES string of the molecule is COCCOc1nc(Cl)ncc1C. The van der Waals surface area contributed by atoms with Crippen LogP contribution in [0.2, 0.25) is 5.28 Å². The lowest BCUT2D eigenvalue weighted by molar-refractivity contribution is 0.143. The molecule has 0 N–H and O–H groups in total. The molecule has 0 atom stereocenters. The predicted octanol–water partition coefficient (Wildman–Crippen LogP) is 1.46. The van der Waals surface area contributed by atoms with Gasteiger partial charge in [0.1, 0.15) is 6.61 Å². The standard InChI is InChI=1S/C8H11ClN2O2/c1-6-5-10-8(9)11-7(6)13-4-3-12-2/h5H,3-4H2,1-2H3. The summed E-state index contributed by atoms with van der Waals surface area (Å²) in [7, 11) is 1.61. The lowest BCUT2D eigenvalue weighted by Crippen LogP contribution is -2.06. The van der Waals surface area contributed by atoms with Gasteiger partial charge in [-0.2, -0.15) is 4.98 Å². The third-order valence-electron chi connectivity index (χ3n) is 1.42. The fourth-order valence-electron chi connectivity index (χ4n) is 0.774. The van der Waals surface area contributed by atoms with Crippen molar-refractivity contribution in [2.75, 3.05) is 20.3 Å². The average Bonchev–Trinajstić information content (AvgIpc) is 2.11. The molecule has 0 aliphatic rings. The van der Waals surface area contributed by atoms with Crippen molar-refractivity contribution in [3.8, 4) is 5.88 Å². The molecule has 1 rings (SSSR count). The van der Waals surface area contributed by atoms with E-state index >= 15 is 0 Å². The normalized spacial score (nSPS) is 10.1. The summed E-state index contributed by atoms with van der Waals surface area (Å²) >= 11 is 5.60. The maximum absolute atomic E-state index is 5.60. The zero-order valence-electron chi connectivity index (χ0n) is 7.58. The number of hydrogen-bond donors (Lipinski definition) is 0. The van der Waals surface area contributed by atoms with Crippen molar-refractivity contribution in [2.24, 2.45) is 0 Å². The molecule has 13 heavy (non-hydrogen) atoms. The van der Waals surface area contributed by atoms with Crippen LogP contribution in [-0.2, 0) is 4.74 Å². The monoisotopic (exact) mass is 202 g/mol. The Morgan fingerprint density at radius 3 is 2.92 bits per heavy atom. The van der Waals surface area contributed by atoms with Gasteiger partial charge < -0.3 is 9.47 Å². The summed E-state index contributed by atoms with van der Waals surface area (Å²) in [6.45, 7) is 2.85. The third kappa shape index (κ3) is 3.16. The van der Waals surface area contributed by atoms with Crippen LogP contribution in [0.5, 0.6) is 5.88 Å². The minimum absolute atomic E-state index is 0.193. The first-order chi connectivity index (χ1) is 6.24. The molecule has 5 heteroatoms. The molecule has 0 bridgehead atoms. The number of rotatable bonds is 4. The molecule has 0 aliphatic heterocycles. The third-order valence-corrected chi connectivity index (χ3v) is 1.60. The molecule has 0 spiro atoms. The van der Waals surface area contributed by atoms with Crippen LogP contribution in [0.15, 0.2) is 6.20 Å². The van der Waals surface area contributed by atoms with Crippen molar-refractivity contribution in [3.05, 3.63) is 17.0 Å². The smallest absolute Gasteiger partial charge is 0.225 e. The fourth-order valence-corrected chi connectivity index (χ4v) is 0.899. The van der Waals surface area contributed by atoms with Gasteiger partial charge >= 0.3 is 0 Å². The molecule has 0 saturated heterocycles. The second kappa shape index (κ2) is 4.99. The molecule has 0 fully saturated rings. The molecule has 0 amide bonds. The summed E-state index contributed by atoms with van der Waals surface area (Å²) in [6.07, 6.45) is 1.62. The lowest BCUT2D eigenvalue weighted by Gasteiger charge is -2.06. The van der Waals surface area contributed by atoms with E-state index in [1.165, 1.54) is 0 Å². The van der Waals surface area contributed by atoms with E-state index in [0.29, 0.717) is 19.1 Å². The van der Waals surface area contributed by atoms with Crippen LogP contribution in [0.3, 0.4) is 0 Å². The summed E-state index contributed by atoms with van der Waals surface area (Å²) in [5.74, 6) is 0.511. The molecule has 0 radical (unpaired) electrons. The van der Waals surface area contributed by atoms with Crippen molar-refractivity contribution in [1.82, 2.24) is 9.97 Å². The van der Waals surface area contributed by atoms with Crippen LogP contribution in [-0.4, -0.2) is 30.3 Å². The number of nitrogens with zero attached hydrogens (tertiary/aromatic N) is 2. The maximum Gasteiger partial charge on any atom is 0.225 e. The molecule has 1 aromatic rings. The van der Waals surface area contributed by atoms with Crippen LogP contribution in [0, 0.1) is 6.92 Å². The van der Waals surface area contributed by atoms with Gasteiger partial charge in [0.2, 0.25) is 11.2 Å². The molecule has 1 heterocycles. The Morgan fingerprint density at radius 2 is 2.23 bits per heavy atom. The van der Waals surface area contributed by atoms with Gasteiger partial charge in [-0.05, 0) is 18.5 Å². The Labute approximate surface area is 81.9 Å². The second-order valence-electron chi connectivity index (χ2n) is 2.47. The van der Waals surface area contributed by atoms with Gasteiger partial charge in [-0.15, -0.1) is 0 Å². The number of hydrogen-bond acceptors (Lipinski definition) is 4. The molecule has 0 aromatic carbocycles. The summed E-state index contributed by atoms with van der Waals surface area (Å²) in [5.41, 5.74) is 0.862. The van der Waals surface area contributed by atoms with Crippen LogP contribution >= 0.6 is 11.6 Å². The number of ether oxygens (including phenoxy) is 2. The van der Waals surface area contributed by atoms with Gasteiger partial charge in [-0.1, -0.05) is 0 Å². The Morgan fingerprint density at radius 1 is 1.46 bits per heavy atom. The van der Waals surface area contributed by atoms with Crippen LogP contribution in [0.1, 0.15) is 5.56 Å². The van der Waals surface area contributed by atoms with E-state index in [-0.39, 0.29) is 5.28 Å². The molecule has 0 aliphatic carbocycles. The van der Waals surface area contributed by atoms with Gasteiger partial charge in [0, 0.05) is 18.9 Å². The first-order valence-electron chi connectivity index (χ1n) is 3.85. The quantitative estimate of drug-likeness (QED) is 0.548. The topological polar surface area (TPSA) is 44.2 Å². The number of methoxy groups -OCH3 is 1. The first kappa shape index (κ1) is 10.2. The van der Waals surface area contributed by atoms with Gasteiger partial charge in [0.15, 0.2) is 0 Å². The van der Waals surface area contributed by atoms with E-state index in [0.717, 1.165) is 5.56 Å². The van der Waals surface area contributed by atoms with E-state index in [1.54, 1.807) is 13.3 Å². The van der Waals surface area contributed by atoms with E-state index in [4.69, 9.17) is 21.1 Å². The highest BCUT2D eigenvalue weighted by Gasteiger charge is 2.02. The predicted molar refractivity (Wildman–Crippen MR) is 49.2 cm³/mol. The Balaban J connectivity index is 2.59. The second-order valence-corrected chi connectivity index (χ2v) is 2.81. The molecule has 1 aromatic heterocycles. The number of aryl methyl sites for hydroxylation is 1. The number of aromatic nitrogens is 2. The van der Waals surface area contributed by atoms with Gasteiger partial charge in [0.25, 0.3) is 0 Å². The zero-order valence-corrected chi connectivity index (χ0v) is 8.34. The van der Waals surface area contributed by atoms with E-state index < -0.39 is 0 Å². The lowest BCUT2D eigenvalue weighted by atomic mass is 10.4. The molecule has 72 valence electrons. The highest BCUT2D eigenvalue weighted by molar-refractivity contribution is 6.28. The minimum atomic E-state index is 0.193. The van der Waals surface area contributed by atoms with Crippen LogP contribution in [0.4, 0.5) is 0 Å². The van der Waals surface area contributed by atoms with Crippen LogP contribution in [0.25, 0.3) is 0 Å². The highest BCUT2D eigenvalue weighted by atomic mass is 35.5. The average molecular weight is 203 g/mol. The summed E-state index contributed by atoms with van der Waals surface area (Å²) in [5, 5.41) is 0.193. The summed E-state index contributed by atoms with van der Waals surface area (Å²) < 4.78 is 10.1. The fraction of sp³-hybridized carbons (Fsp3) is 0.500. The highest BCUT2D eigenvalue weighted by Crippen LogP contribution is 2.14. The molecule has 0 saturated carbocycles. The Bertz CT molecular complexity index is 281.